The number of amides is 2. The number of carbonyl (C=O) groups is 1. The molecule has 1 saturated carbocycles. The fourth-order valence-corrected chi connectivity index (χ4v) is 3.74. The maximum atomic E-state index is 12.9. The Morgan fingerprint density at radius 1 is 1.18 bits per heavy atom. The molecule has 28 heavy (non-hydrogen) atoms. The number of hydrogen-bond acceptors (Lipinski definition) is 4. The van der Waals surface area contributed by atoms with Crippen LogP contribution >= 0.6 is 0 Å². The highest BCUT2D eigenvalue weighted by Crippen LogP contribution is 2.31. The number of rotatable bonds is 6. The van der Waals surface area contributed by atoms with Gasteiger partial charge in [0.15, 0.2) is 0 Å². The highest BCUT2D eigenvalue weighted by Gasteiger charge is 2.33. The van der Waals surface area contributed by atoms with Crippen LogP contribution in [0.2, 0.25) is 0 Å². The number of hydrogen-bond donors (Lipinski definition) is 1. The highest BCUT2D eigenvalue weighted by atomic mass is 16.5. The summed E-state index contributed by atoms with van der Waals surface area (Å²) in [6.07, 6.45) is 7.60. The zero-order valence-electron chi connectivity index (χ0n) is 16.4. The van der Waals surface area contributed by atoms with Gasteiger partial charge in [0.25, 0.3) is 0 Å². The summed E-state index contributed by atoms with van der Waals surface area (Å²) in [5.74, 6) is 1.80. The number of carbonyl (C=O) groups excluding carboxylic acids is 1. The van der Waals surface area contributed by atoms with Crippen LogP contribution in [0, 0.1) is 0 Å². The Kier molecular flexibility index (Phi) is 5.65. The maximum Gasteiger partial charge on any atom is 0.322 e. The number of aromatic nitrogens is 1. The van der Waals surface area contributed by atoms with Crippen LogP contribution in [0.1, 0.15) is 37.7 Å². The van der Waals surface area contributed by atoms with E-state index in [-0.39, 0.29) is 6.03 Å². The van der Waals surface area contributed by atoms with Crippen LogP contribution in [0.5, 0.6) is 5.75 Å². The van der Waals surface area contributed by atoms with E-state index in [1.807, 2.05) is 41.3 Å². The van der Waals surface area contributed by atoms with Gasteiger partial charge in [0.05, 0.1) is 25.5 Å². The number of para-hydroxylation sites is 1. The molecule has 6 heteroatoms. The van der Waals surface area contributed by atoms with E-state index in [2.05, 4.69) is 15.2 Å². The number of pyridine rings is 1. The first-order valence-electron chi connectivity index (χ1n) is 10.1. The first-order chi connectivity index (χ1) is 13.7. The molecule has 0 radical (unpaired) electrons. The van der Waals surface area contributed by atoms with Gasteiger partial charge in [0.2, 0.25) is 0 Å². The summed E-state index contributed by atoms with van der Waals surface area (Å²) in [5, 5.41) is 3.02. The third-order valence-corrected chi connectivity index (χ3v) is 5.46. The molecule has 2 aliphatic rings. The van der Waals surface area contributed by atoms with Gasteiger partial charge in [-0.05, 0) is 50.3 Å². The molecule has 148 valence electrons. The monoisotopic (exact) mass is 380 g/mol. The summed E-state index contributed by atoms with van der Waals surface area (Å²) in [6, 6.07) is 12.0. The molecule has 0 unspecified atom stereocenters. The number of methoxy groups -OCH3 is 1. The molecule has 0 spiro atoms. The summed E-state index contributed by atoms with van der Waals surface area (Å²) in [7, 11) is 1.66. The van der Waals surface area contributed by atoms with E-state index < -0.39 is 0 Å². The van der Waals surface area contributed by atoms with Crippen molar-refractivity contribution >= 4 is 17.5 Å². The molecule has 0 bridgehead atoms. The SMILES string of the molecule is COc1ccccc1CN(C(=O)Nc1ccc(N2CCCCC2)nc1)C1CC1. The van der Waals surface area contributed by atoms with Crippen LogP contribution in [-0.2, 0) is 6.54 Å². The first kappa shape index (κ1) is 18.6. The minimum absolute atomic E-state index is 0.0825. The second kappa shape index (κ2) is 8.50. The quantitative estimate of drug-likeness (QED) is 0.813. The van der Waals surface area contributed by atoms with Crippen molar-refractivity contribution in [2.24, 2.45) is 0 Å². The molecule has 6 nitrogen and oxygen atoms in total. The van der Waals surface area contributed by atoms with Crippen LogP contribution < -0.4 is 15.0 Å². The van der Waals surface area contributed by atoms with Gasteiger partial charge in [-0.25, -0.2) is 9.78 Å². The number of piperidine rings is 1. The van der Waals surface area contributed by atoms with Crippen LogP contribution in [0.25, 0.3) is 0 Å². The van der Waals surface area contributed by atoms with Crippen molar-refractivity contribution in [3.05, 3.63) is 48.2 Å². The normalized spacial score (nSPS) is 16.5. The number of ether oxygens (including phenoxy) is 1. The molecule has 2 amide bonds. The van der Waals surface area contributed by atoms with Crippen LogP contribution in [-0.4, -0.2) is 42.2 Å². The molecular formula is C22H28N4O2. The predicted molar refractivity (Wildman–Crippen MR) is 111 cm³/mol. The Morgan fingerprint density at radius 2 is 1.96 bits per heavy atom. The molecular weight excluding hydrogens is 352 g/mol. The van der Waals surface area contributed by atoms with E-state index in [0.717, 1.165) is 48.7 Å². The molecule has 2 heterocycles. The van der Waals surface area contributed by atoms with Gasteiger partial charge in [-0.2, -0.15) is 0 Å². The van der Waals surface area contributed by atoms with E-state index in [1.54, 1.807) is 13.3 Å². The average Bonchev–Trinajstić information content (AvgIpc) is 3.58. The van der Waals surface area contributed by atoms with Crippen LogP contribution in [0.3, 0.4) is 0 Å². The van der Waals surface area contributed by atoms with E-state index >= 15 is 0 Å². The Bertz CT molecular complexity index is 798. The van der Waals surface area contributed by atoms with E-state index in [1.165, 1.54) is 19.3 Å². The molecule has 4 rings (SSSR count). The molecule has 1 N–H and O–H groups in total. The zero-order valence-corrected chi connectivity index (χ0v) is 16.4. The smallest absolute Gasteiger partial charge is 0.322 e. The maximum absolute atomic E-state index is 12.9. The Morgan fingerprint density at radius 3 is 2.64 bits per heavy atom. The summed E-state index contributed by atoms with van der Waals surface area (Å²) < 4.78 is 5.44. The minimum Gasteiger partial charge on any atom is -0.496 e. The van der Waals surface area contributed by atoms with Gasteiger partial charge in [0, 0.05) is 24.7 Å². The standard InChI is InChI=1S/C22H28N4O2/c1-28-20-8-4-3-7-17(20)16-26(19-10-11-19)22(27)24-18-9-12-21(23-15-18)25-13-5-2-6-14-25/h3-4,7-9,12,15,19H,2,5-6,10-11,13-14,16H2,1H3,(H,24,27). The third kappa shape index (κ3) is 4.38. The number of benzene rings is 1. The van der Waals surface area contributed by atoms with Crippen molar-refractivity contribution in [2.45, 2.75) is 44.7 Å². The topological polar surface area (TPSA) is 57.7 Å². The van der Waals surface area contributed by atoms with Crippen molar-refractivity contribution in [2.75, 3.05) is 30.4 Å². The average molecular weight is 380 g/mol. The summed E-state index contributed by atoms with van der Waals surface area (Å²) in [6.45, 7) is 2.67. The molecule has 1 saturated heterocycles. The van der Waals surface area contributed by atoms with Crippen molar-refractivity contribution in [3.8, 4) is 5.75 Å². The highest BCUT2D eigenvalue weighted by molar-refractivity contribution is 5.89. The number of nitrogens with zero attached hydrogens (tertiary/aromatic N) is 3. The summed E-state index contributed by atoms with van der Waals surface area (Å²) in [5.41, 5.74) is 1.75. The minimum atomic E-state index is -0.0825. The number of nitrogens with one attached hydrogen (secondary N) is 1. The Hall–Kier alpha value is -2.76. The summed E-state index contributed by atoms with van der Waals surface area (Å²) >= 11 is 0. The van der Waals surface area contributed by atoms with Crippen molar-refractivity contribution in [1.29, 1.82) is 0 Å². The lowest BCUT2D eigenvalue weighted by molar-refractivity contribution is 0.205. The number of urea groups is 1. The third-order valence-electron chi connectivity index (χ3n) is 5.46. The van der Waals surface area contributed by atoms with Gasteiger partial charge in [-0.1, -0.05) is 18.2 Å². The Labute approximate surface area is 166 Å². The fraction of sp³-hybridized carbons (Fsp3) is 0.455. The molecule has 1 aliphatic carbocycles. The van der Waals surface area contributed by atoms with Gasteiger partial charge in [-0.3, -0.25) is 0 Å². The van der Waals surface area contributed by atoms with Gasteiger partial charge < -0.3 is 19.9 Å². The zero-order chi connectivity index (χ0) is 19.3. The number of anilines is 2. The van der Waals surface area contributed by atoms with Crippen molar-refractivity contribution in [1.82, 2.24) is 9.88 Å². The molecule has 1 aliphatic heterocycles. The molecule has 2 aromatic rings. The lowest BCUT2D eigenvalue weighted by Gasteiger charge is -2.28. The fourth-order valence-electron chi connectivity index (χ4n) is 3.74. The van der Waals surface area contributed by atoms with Crippen molar-refractivity contribution < 1.29 is 9.53 Å². The molecule has 2 fully saturated rings. The van der Waals surface area contributed by atoms with Gasteiger partial charge in [0.1, 0.15) is 11.6 Å². The van der Waals surface area contributed by atoms with E-state index in [9.17, 15) is 4.79 Å². The Balaban J connectivity index is 1.42. The first-order valence-corrected chi connectivity index (χ1v) is 10.1. The second-order valence-electron chi connectivity index (χ2n) is 7.55. The van der Waals surface area contributed by atoms with E-state index in [0.29, 0.717) is 12.6 Å². The molecule has 1 aromatic heterocycles. The second-order valence-corrected chi connectivity index (χ2v) is 7.55. The van der Waals surface area contributed by atoms with E-state index in [4.69, 9.17) is 4.74 Å². The largest absolute Gasteiger partial charge is 0.496 e. The lowest BCUT2D eigenvalue weighted by atomic mass is 10.1. The van der Waals surface area contributed by atoms with Crippen LogP contribution in [0.15, 0.2) is 42.6 Å². The van der Waals surface area contributed by atoms with Crippen molar-refractivity contribution in [3.63, 3.8) is 0 Å². The van der Waals surface area contributed by atoms with Gasteiger partial charge >= 0.3 is 6.03 Å². The lowest BCUT2D eigenvalue weighted by Crippen LogP contribution is -2.36. The van der Waals surface area contributed by atoms with Gasteiger partial charge in [-0.15, -0.1) is 0 Å². The molecule has 0 atom stereocenters. The molecule has 1 aromatic carbocycles. The predicted octanol–water partition coefficient (Wildman–Crippen LogP) is 4.28. The van der Waals surface area contributed by atoms with Crippen LogP contribution in [0.4, 0.5) is 16.3 Å². The summed E-state index contributed by atoms with van der Waals surface area (Å²) in [4.78, 5) is 21.7.